The second kappa shape index (κ2) is 19.5. The monoisotopic (exact) mass is 1140 g/mol. The number of amides is 2. The number of fused-ring (bicyclic) bond motifs is 2. The van der Waals surface area contributed by atoms with E-state index in [1.807, 2.05) is 13.8 Å². The van der Waals surface area contributed by atoms with Gasteiger partial charge >= 0.3 is 12.4 Å². The molecular formula is C60H62F8N10O4. The molecule has 0 bridgehead atoms. The number of carbonyl (C=O) groups excluding carboxylic acids is 2. The molecule has 432 valence electrons. The molecule has 0 unspecified atom stereocenters. The first-order chi connectivity index (χ1) is 39.0. The highest BCUT2D eigenvalue weighted by Gasteiger charge is 2.54. The van der Waals surface area contributed by atoms with E-state index in [-0.39, 0.29) is 85.5 Å². The Bertz CT molecular complexity index is 3280. The van der Waals surface area contributed by atoms with Crippen LogP contribution >= 0.6 is 0 Å². The molecule has 4 atom stereocenters. The fraction of sp³-hybridized carbons (Fsp3) is 0.500. The maximum Gasteiger partial charge on any atom is 0.416 e. The predicted molar refractivity (Wildman–Crippen MR) is 284 cm³/mol. The molecule has 6 fully saturated rings. The summed E-state index contributed by atoms with van der Waals surface area (Å²) in [5.74, 6) is -0.655. The van der Waals surface area contributed by atoms with Gasteiger partial charge in [-0.05, 0) is 158 Å². The van der Waals surface area contributed by atoms with Gasteiger partial charge in [0.25, 0.3) is 11.8 Å². The maximum absolute atomic E-state index is 15.9. The van der Waals surface area contributed by atoms with E-state index < -0.39 is 58.5 Å². The molecule has 22 heteroatoms. The summed E-state index contributed by atoms with van der Waals surface area (Å²) in [7, 11) is 3.32. The molecule has 2 saturated carbocycles. The molecule has 6 aliphatic heterocycles. The second-order valence-corrected chi connectivity index (χ2v) is 24.5. The summed E-state index contributed by atoms with van der Waals surface area (Å²) in [6.45, 7) is 7.33. The molecule has 4 aromatic carbocycles. The van der Waals surface area contributed by atoms with Crippen LogP contribution in [0.3, 0.4) is 0 Å². The Hall–Kier alpha value is -6.62. The Morgan fingerprint density at radius 3 is 1.24 bits per heavy atom. The van der Waals surface area contributed by atoms with Gasteiger partial charge in [0.15, 0.2) is 24.0 Å². The number of alkyl halides is 8. The van der Waals surface area contributed by atoms with Crippen LogP contribution in [0, 0.1) is 10.8 Å². The van der Waals surface area contributed by atoms with Gasteiger partial charge in [-0.15, -0.1) is 20.4 Å². The second-order valence-electron chi connectivity index (χ2n) is 24.5. The van der Waals surface area contributed by atoms with Crippen molar-refractivity contribution in [2.75, 3.05) is 62.4 Å². The number of halogens is 8. The number of benzene rings is 4. The highest BCUT2D eigenvalue weighted by atomic mass is 19.4. The van der Waals surface area contributed by atoms with Crippen LogP contribution in [0.15, 0.2) is 85.5 Å². The third-order valence-corrected chi connectivity index (χ3v) is 19.5. The summed E-state index contributed by atoms with van der Waals surface area (Å²) in [5, 5.41) is 15.4. The highest BCUT2D eigenvalue weighted by Crippen LogP contribution is 2.56. The Kier molecular flexibility index (Phi) is 13.0. The first-order valence-corrected chi connectivity index (χ1v) is 28.0. The SMILES string of the molecule is C[C@@H](c1cc2c(c(C(F)(F)F)c1)CN(c1cccc(C3([C@@H](F)c4nncn4C)COC3)c1)C2=O)N1CCC2(CC2)C1.C[C@H](c1cc2c(c(C(F)(F)F)c1)CN(c1cccc(C3([C@@H](F)c4nncn4C)COC3)c1)C2=O)N1CCC2(CC2)C1. The number of rotatable bonds is 12. The van der Waals surface area contributed by atoms with Crippen LogP contribution in [0.25, 0.3) is 0 Å². The molecule has 14 rings (SSSR count). The highest BCUT2D eigenvalue weighted by molar-refractivity contribution is 6.11. The van der Waals surface area contributed by atoms with E-state index in [9.17, 15) is 35.9 Å². The van der Waals surface area contributed by atoms with Gasteiger partial charge in [0.1, 0.15) is 12.7 Å². The number of anilines is 2. The third kappa shape index (κ3) is 9.11. The fourth-order valence-electron chi connectivity index (χ4n) is 13.5. The number of carbonyl (C=O) groups is 2. The molecular weight excluding hydrogens is 1080 g/mol. The third-order valence-electron chi connectivity index (χ3n) is 19.5. The van der Waals surface area contributed by atoms with Gasteiger partial charge in [0, 0.05) is 61.8 Å². The standard InChI is InChI=1S/2C30H31F4N5O2/c2*1-18(38-9-8-28(14-38)6-7-28)19-10-22-23(24(11-19)30(32,33)34)13-39(27(22)40)21-5-3-4-20(12-21)29(15-41-16-29)25(31)26-36-35-17-37(26)2/h2*3-5,10-12,17-18,25H,6-9,13-16H2,1-2H3/t18-,25+;18-,25-/m10/s1. The van der Waals surface area contributed by atoms with Crippen LogP contribution in [0.1, 0.15) is 154 Å². The van der Waals surface area contributed by atoms with Crippen molar-refractivity contribution in [3.8, 4) is 0 Å². The average molecular weight is 1140 g/mol. The molecule has 82 heavy (non-hydrogen) atoms. The Morgan fingerprint density at radius 1 is 0.549 bits per heavy atom. The van der Waals surface area contributed by atoms with Crippen molar-refractivity contribution in [3.63, 3.8) is 0 Å². The first-order valence-electron chi connectivity index (χ1n) is 28.0. The van der Waals surface area contributed by atoms with Crippen molar-refractivity contribution in [3.05, 3.63) is 153 Å². The number of ether oxygens (including phenoxy) is 2. The molecule has 14 nitrogen and oxygen atoms in total. The predicted octanol–water partition coefficient (Wildman–Crippen LogP) is 11.0. The lowest BCUT2D eigenvalue weighted by molar-refractivity contribution is -0.139. The van der Waals surface area contributed by atoms with E-state index in [1.54, 1.807) is 74.8 Å². The van der Waals surface area contributed by atoms with Gasteiger partial charge in [-0.25, -0.2) is 8.78 Å². The summed E-state index contributed by atoms with van der Waals surface area (Å²) in [4.78, 5) is 34.6. The fourth-order valence-corrected chi connectivity index (χ4v) is 13.5. The van der Waals surface area contributed by atoms with Gasteiger partial charge in [0.2, 0.25) is 0 Å². The molecule has 6 aromatic rings. The molecule has 8 aliphatic rings. The van der Waals surface area contributed by atoms with Crippen molar-refractivity contribution >= 4 is 23.2 Å². The zero-order chi connectivity index (χ0) is 57.5. The van der Waals surface area contributed by atoms with Crippen molar-refractivity contribution in [2.45, 2.75) is 113 Å². The number of likely N-dealkylation sites (tertiary alicyclic amines) is 2. The maximum atomic E-state index is 15.9. The van der Waals surface area contributed by atoms with Crippen LogP contribution in [0.2, 0.25) is 0 Å². The van der Waals surface area contributed by atoms with Crippen LogP contribution in [0.4, 0.5) is 46.5 Å². The van der Waals surface area contributed by atoms with E-state index in [0.29, 0.717) is 44.5 Å². The molecule has 4 saturated heterocycles. The minimum Gasteiger partial charge on any atom is -0.379 e. The Labute approximate surface area is 468 Å². The van der Waals surface area contributed by atoms with Crippen molar-refractivity contribution < 1.29 is 54.2 Å². The molecule has 8 heterocycles. The van der Waals surface area contributed by atoms with Gasteiger partial charge in [0.05, 0.1) is 61.5 Å². The zero-order valence-corrected chi connectivity index (χ0v) is 45.8. The van der Waals surface area contributed by atoms with E-state index >= 15 is 8.78 Å². The molecule has 2 spiro atoms. The van der Waals surface area contributed by atoms with E-state index in [0.717, 1.165) is 39.0 Å². The number of aromatic nitrogens is 6. The van der Waals surface area contributed by atoms with E-state index in [2.05, 4.69) is 30.2 Å². The van der Waals surface area contributed by atoms with Gasteiger partial charge < -0.3 is 28.4 Å². The van der Waals surface area contributed by atoms with Crippen LogP contribution in [-0.2, 0) is 59.8 Å². The lowest BCUT2D eigenvalue weighted by Gasteiger charge is -2.43. The minimum absolute atomic E-state index is 0.0203. The van der Waals surface area contributed by atoms with Crippen LogP contribution < -0.4 is 9.80 Å². The number of nitrogens with zero attached hydrogens (tertiary/aromatic N) is 10. The molecule has 0 N–H and O–H groups in total. The largest absolute Gasteiger partial charge is 0.416 e. The number of hydrogen-bond donors (Lipinski definition) is 0. The summed E-state index contributed by atoms with van der Waals surface area (Å²) in [6.07, 6.45) is -2.56. The average Bonchev–Trinajstić information content (AvgIpc) is 4.00. The van der Waals surface area contributed by atoms with Gasteiger partial charge in [-0.2, -0.15) is 26.3 Å². The van der Waals surface area contributed by atoms with Crippen LogP contribution in [0.5, 0.6) is 0 Å². The summed E-state index contributed by atoms with van der Waals surface area (Å²) in [6, 6.07) is 18.9. The quantitative estimate of drug-likeness (QED) is 0.109. The normalized spacial score (nSPS) is 22.6. The minimum atomic E-state index is -4.61. The molecule has 2 aromatic heterocycles. The molecule has 0 radical (unpaired) electrons. The first kappa shape index (κ1) is 54.6. The molecule has 2 amide bonds. The number of aryl methyl sites for hydroxylation is 2. The van der Waals surface area contributed by atoms with E-state index in [4.69, 9.17) is 9.47 Å². The topological polar surface area (TPSA) is 127 Å². The van der Waals surface area contributed by atoms with Gasteiger partial charge in [-0.1, -0.05) is 24.3 Å². The lowest BCUT2D eigenvalue weighted by Crippen LogP contribution is -2.50. The Balaban J connectivity index is 0.000000154. The van der Waals surface area contributed by atoms with Crippen molar-refractivity contribution in [1.29, 1.82) is 0 Å². The summed E-state index contributed by atoms with van der Waals surface area (Å²) >= 11 is 0. The summed E-state index contributed by atoms with van der Waals surface area (Å²) in [5.41, 5.74) is 0.209. The van der Waals surface area contributed by atoms with Crippen molar-refractivity contribution in [1.82, 2.24) is 39.3 Å². The van der Waals surface area contributed by atoms with Gasteiger partial charge in [-0.3, -0.25) is 19.4 Å². The molecule has 2 aliphatic carbocycles. The van der Waals surface area contributed by atoms with Crippen LogP contribution in [-0.4, -0.2) is 104 Å². The smallest absolute Gasteiger partial charge is 0.379 e. The van der Waals surface area contributed by atoms with E-state index in [1.165, 1.54) is 69.4 Å². The summed E-state index contributed by atoms with van der Waals surface area (Å²) < 4.78 is 132. The number of hydrogen-bond acceptors (Lipinski definition) is 10. The Morgan fingerprint density at radius 2 is 0.939 bits per heavy atom. The van der Waals surface area contributed by atoms with Crippen molar-refractivity contribution in [2.24, 2.45) is 24.9 Å². The zero-order valence-electron chi connectivity index (χ0n) is 45.8. The lowest BCUT2D eigenvalue weighted by atomic mass is 9.74.